The second-order valence-electron chi connectivity index (χ2n) is 9.50. The fourth-order valence-corrected chi connectivity index (χ4v) is 5.10. The first-order valence-corrected chi connectivity index (χ1v) is 13.0. The summed E-state index contributed by atoms with van der Waals surface area (Å²) in [6, 6.07) is 36.6. The number of para-hydroxylation sites is 1. The maximum absolute atomic E-state index is 14.0. The van der Waals surface area contributed by atoms with Crippen molar-refractivity contribution in [3.05, 3.63) is 143 Å². The number of hydrogen-bond donors (Lipinski definition) is 0. The van der Waals surface area contributed by atoms with Gasteiger partial charge in [-0.1, -0.05) is 97.1 Å². The van der Waals surface area contributed by atoms with E-state index in [0.29, 0.717) is 41.0 Å². The normalized spacial score (nSPS) is 14.3. The van der Waals surface area contributed by atoms with Crippen molar-refractivity contribution >= 4 is 11.9 Å². The minimum absolute atomic E-state index is 0.140. The average Bonchev–Trinajstić information content (AvgIpc) is 3.47. The van der Waals surface area contributed by atoms with E-state index in [0.717, 1.165) is 16.8 Å². The minimum atomic E-state index is -0.826. The van der Waals surface area contributed by atoms with Gasteiger partial charge in [0, 0.05) is 23.2 Å². The molecule has 1 aliphatic heterocycles. The Morgan fingerprint density at radius 2 is 1.44 bits per heavy atom. The number of benzene rings is 4. The Balaban J connectivity index is 1.38. The predicted octanol–water partition coefficient (Wildman–Crippen LogP) is 6.40. The lowest BCUT2D eigenvalue weighted by molar-refractivity contribution is -0.0181. The second-order valence-corrected chi connectivity index (χ2v) is 9.50. The van der Waals surface area contributed by atoms with Crippen LogP contribution in [-0.2, 0) is 11.2 Å². The molecule has 6 nitrogen and oxygen atoms in total. The van der Waals surface area contributed by atoms with E-state index >= 15 is 0 Å². The molecule has 5 aromatic rings. The SMILES string of the molecule is Cc1c(C(=O)OC2c3ccccc3C(=O)N2CCc2ccccc2)c(-c2ccccc2)nn1-c1ccccc1. The number of rotatable bonds is 7. The highest BCUT2D eigenvalue weighted by Crippen LogP contribution is 2.37. The Morgan fingerprint density at radius 1 is 0.821 bits per heavy atom. The highest BCUT2D eigenvalue weighted by atomic mass is 16.6. The van der Waals surface area contributed by atoms with Gasteiger partial charge in [0.05, 0.1) is 11.4 Å². The molecule has 0 spiro atoms. The lowest BCUT2D eigenvalue weighted by Crippen LogP contribution is -2.33. The zero-order valence-corrected chi connectivity index (χ0v) is 21.5. The molecular weight excluding hydrogens is 486 g/mol. The minimum Gasteiger partial charge on any atom is -0.433 e. The molecule has 6 heteroatoms. The van der Waals surface area contributed by atoms with Crippen LogP contribution < -0.4 is 0 Å². The molecule has 1 aromatic heterocycles. The van der Waals surface area contributed by atoms with Crippen LogP contribution in [0.15, 0.2) is 115 Å². The molecule has 0 fully saturated rings. The summed E-state index contributed by atoms with van der Waals surface area (Å²) in [6.45, 7) is 2.28. The van der Waals surface area contributed by atoms with Crippen molar-refractivity contribution in [2.45, 2.75) is 19.6 Å². The molecule has 1 aliphatic rings. The summed E-state index contributed by atoms with van der Waals surface area (Å²) < 4.78 is 7.96. The number of ether oxygens (including phenoxy) is 1. The van der Waals surface area contributed by atoms with Crippen LogP contribution >= 0.6 is 0 Å². The van der Waals surface area contributed by atoms with Crippen LogP contribution in [0.4, 0.5) is 0 Å². The van der Waals surface area contributed by atoms with Crippen molar-refractivity contribution in [3.8, 4) is 16.9 Å². The van der Waals surface area contributed by atoms with E-state index < -0.39 is 12.2 Å². The molecule has 2 heterocycles. The van der Waals surface area contributed by atoms with Crippen molar-refractivity contribution in [2.24, 2.45) is 0 Å². The van der Waals surface area contributed by atoms with Crippen LogP contribution in [-0.4, -0.2) is 33.1 Å². The van der Waals surface area contributed by atoms with Crippen LogP contribution in [0.2, 0.25) is 0 Å². The van der Waals surface area contributed by atoms with Gasteiger partial charge < -0.3 is 4.74 Å². The van der Waals surface area contributed by atoms with Gasteiger partial charge in [0.15, 0.2) is 0 Å². The Labute approximate surface area is 227 Å². The van der Waals surface area contributed by atoms with Crippen LogP contribution in [0.1, 0.15) is 43.8 Å². The first kappa shape index (κ1) is 24.4. The Kier molecular flexibility index (Phi) is 6.51. The van der Waals surface area contributed by atoms with E-state index in [-0.39, 0.29) is 5.91 Å². The number of amides is 1. The quantitative estimate of drug-likeness (QED) is 0.236. The molecule has 0 aliphatic carbocycles. The number of aromatic nitrogens is 2. The number of hydrogen-bond acceptors (Lipinski definition) is 4. The van der Waals surface area contributed by atoms with E-state index in [4.69, 9.17) is 9.84 Å². The molecule has 1 atom stereocenters. The third-order valence-corrected chi connectivity index (χ3v) is 7.07. The zero-order valence-electron chi connectivity index (χ0n) is 21.5. The van der Waals surface area contributed by atoms with Gasteiger partial charge in [-0.25, -0.2) is 9.48 Å². The highest BCUT2D eigenvalue weighted by molar-refractivity contribution is 6.01. The van der Waals surface area contributed by atoms with Crippen LogP contribution in [0, 0.1) is 6.92 Å². The number of carbonyl (C=O) groups excluding carboxylic acids is 2. The lowest BCUT2D eigenvalue weighted by Gasteiger charge is -2.25. The molecule has 0 bridgehead atoms. The van der Waals surface area contributed by atoms with E-state index in [9.17, 15) is 9.59 Å². The second kappa shape index (κ2) is 10.4. The molecule has 4 aromatic carbocycles. The third kappa shape index (κ3) is 4.61. The summed E-state index contributed by atoms with van der Waals surface area (Å²) in [5.41, 5.74) is 5.60. The summed E-state index contributed by atoms with van der Waals surface area (Å²) in [7, 11) is 0. The van der Waals surface area contributed by atoms with Gasteiger partial charge in [-0.05, 0) is 37.1 Å². The fraction of sp³-hybridized carbons (Fsp3) is 0.121. The predicted molar refractivity (Wildman–Crippen MR) is 150 cm³/mol. The molecule has 39 heavy (non-hydrogen) atoms. The number of nitrogens with zero attached hydrogens (tertiary/aromatic N) is 3. The van der Waals surface area contributed by atoms with E-state index in [1.165, 1.54) is 0 Å². The maximum atomic E-state index is 14.0. The highest BCUT2D eigenvalue weighted by Gasteiger charge is 2.40. The zero-order chi connectivity index (χ0) is 26.8. The van der Waals surface area contributed by atoms with Gasteiger partial charge in [0.25, 0.3) is 5.91 Å². The molecule has 0 radical (unpaired) electrons. The summed E-state index contributed by atoms with van der Waals surface area (Å²) in [5.74, 6) is -0.660. The van der Waals surface area contributed by atoms with Crippen molar-refractivity contribution in [2.75, 3.05) is 6.54 Å². The molecule has 6 rings (SSSR count). The summed E-state index contributed by atoms with van der Waals surface area (Å²) in [4.78, 5) is 29.0. The van der Waals surface area contributed by atoms with Crippen molar-refractivity contribution < 1.29 is 14.3 Å². The first-order valence-electron chi connectivity index (χ1n) is 13.0. The number of carbonyl (C=O) groups is 2. The Morgan fingerprint density at radius 3 is 2.15 bits per heavy atom. The first-order chi connectivity index (χ1) is 19.1. The molecule has 192 valence electrons. The van der Waals surface area contributed by atoms with Crippen molar-refractivity contribution in [1.29, 1.82) is 0 Å². The lowest BCUT2D eigenvalue weighted by atomic mass is 10.1. The van der Waals surface area contributed by atoms with Gasteiger partial charge in [-0.15, -0.1) is 0 Å². The van der Waals surface area contributed by atoms with Crippen molar-refractivity contribution in [3.63, 3.8) is 0 Å². The topological polar surface area (TPSA) is 64.4 Å². The summed E-state index contributed by atoms with van der Waals surface area (Å²) in [6.07, 6.45) is -0.178. The largest absolute Gasteiger partial charge is 0.433 e. The van der Waals surface area contributed by atoms with Gasteiger partial charge in [-0.2, -0.15) is 5.10 Å². The van der Waals surface area contributed by atoms with Gasteiger partial charge in [0.2, 0.25) is 6.23 Å². The van der Waals surface area contributed by atoms with Crippen LogP contribution in [0.25, 0.3) is 16.9 Å². The van der Waals surface area contributed by atoms with E-state index in [1.54, 1.807) is 15.6 Å². The smallest absolute Gasteiger partial charge is 0.344 e. The standard InChI is InChI=1S/C33H27N3O3/c1-23-29(30(25-15-7-3-8-16-25)34-36(23)26-17-9-4-10-18-26)33(38)39-32-28-20-12-11-19-27(28)31(37)35(32)22-21-24-13-5-2-6-14-24/h2-20,32H,21-22H2,1H3. The summed E-state index contributed by atoms with van der Waals surface area (Å²) >= 11 is 0. The van der Waals surface area contributed by atoms with E-state index in [1.807, 2.05) is 116 Å². The number of esters is 1. The maximum Gasteiger partial charge on any atom is 0.344 e. The monoisotopic (exact) mass is 513 g/mol. The Hall–Kier alpha value is -4.97. The van der Waals surface area contributed by atoms with Crippen molar-refractivity contribution in [1.82, 2.24) is 14.7 Å². The number of fused-ring (bicyclic) bond motifs is 1. The fourth-order valence-electron chi connectivity index (χ4n) is 5.10. The molecule has 0 saturated carbocycles. The van der Waals surface area contributed by atoms with Gasteiger partial charge in [-0.3, -0.25) is 9.69 Å². The van der Waals surface area contributed by atoms with Crippen LogP contribution in [0.3, 0.4) is 0 Å². The van der Waals surface area contributed by atoms with Crippen LogP contribution in [0.5, 0.6) is 0 Å². The summed E-state index contributed by atoms with van der Waals surface area (Å²) in [5, 5.41) is 4.84. The van der Waals surface area contributed by atoms with Gasteiger partial charge in [0.1, 0.15) is 11.3 Å². The Bertz CT molecular complexity index is 1630. The van der Waals surface area contributed by atoms with E-state index in [2.05, 4.69) is 0 Å². The molecule has 0 N–H and O–H groups in total. The third-order valence-electron chi connectivity index (χ3n) is 7.07. The molecule has 1 amide bonds. The van der Waals surface area contributed by atoms with Gasteiger partial charge >= 0.3 is 5.97 Å². The molecule has 1 unspecified atom stereocenters. The average molecular weight is 514 g/mol. The molecular formula is C33H27N3O3. The molecule has 0 saturated heterocycles.